The summed E-state index contributed by atoms with van der Waals surface area (Å²) in [6.45, 7) is 2.62. The lowest BCUT2D eigenvalue weighted by atomic mass is 10.2. The van der Waals surface area contributed by atoms with E-state index in [1.54, 1.807) is 13.4 Å². The number of piperazine rings is 1. The van der Waals surface area contributed by atoms with Crippen molar-refractivity contribution in [3.05, 3.63) is 42.6 Å². The molecular formula is C19H19N7O2. The van der Waals surface area contributed by atoms with Crippen LogP contribution in [0, 0.1) is 0 Å². The fourth-order valence-corrected chi connectivity index (χ4v) is 3.70. The number of fused-ring (bicyclic) bond motifs is 2. The van der Waals surface area contributed by atoms with Crippen LogP contribution in [0.4, 0.5) is 5.82 Å². The molecule has 0 radical (unpaired) electrons. The van der Waals surface area contributed by atoms with E-state index < -0.39 is 0 Å². The predicted molar refractivity (Wildman–Crippen MR) is 105 cm³/mol. The molecule has 0 unspecified atom stereocenters. The highest BCUT2D eigenvalue weighted by Crippen LogP contribution is 2.27. The van der Waals surface area contributed by atoms with E-state index in [1.807, 2.05) is 29.2 Å². The zero-order chi connectivity index (χ0) is 19.1. The van der Waals surface area contributed by atoms with Gasteiger partial charge in [0, 0.05) is 37.1 Å². The first-order valence-corrected chi connectivity index (χ1v) is 9.08. The van der Waals surface area contributed by atoms with Gasteiger partial charge in [0.2, 0.25) is 0 Å². The minimum absolute atomic E-state index is 0.00715. The second-order valence-electron chi connectivity index (χ2n) is 6.68. The lowest BCUT2D eigenvalue weighted by molar-refractivity contribution is 0.0741. The molecule has 1 saturated heterocycles. The van der Waals surface area contributed by atoms with Crippen molar-refractivity contribution in [3.63, 3.8) is 0 Å². The van der Waals surface area contributed by atoms with Crippen molar-refractivity contribution in [1.29, 1.82) is 0 Å². The molecule has 9 heteroatoms. The Bertz CT molecular complexity index is 1160. The van der Waals surface area contributed by atoms with Crippen molar-refractivity contribution in [2.45, 2.75) is 0 Å². The monoisotopic (exact) mass is 377 g/mol. The van der Waals surface area contributed by atoms with Gasteiger partial charge in [-0.15, -0.1) is 0 Å². The summed E-state index contributed by atoms with van der Waals surface area (Å²) in [4.78, 5) is 36.0. The summed E-state index contributed by atoms with van der Waals surface area (Å²) >= 11 is 0. The Hall–Kier alpha value is -3.62. The minimum Gasteiger partial charge on any atom is -0.496 e. The number of nitrogens with zero attached hydrogens (tertiary/aromatic N) is 5. The van der Waals surface area contributed by atoms with E-state index in [4.69, 9.17) is 4.74 Å². The molecule has 1 amide bonds. The molecule has 9 nitrogen and oxygen atoms in total. The van der Waals surface area contributed by atoms with E-state index in [-0.39, 0.29) is 5.91 Å². The number of H-pyrrole nitrogens is 2. The van der Waals surface area contributed by atoms with Crippen LogP contribution in [0.2, 0.25) is 0 Å². The van der Waals surface area contributed by atoms with Crippen molar-refractivity contribution in [3.8, 4) is 5.75 Å². The van der Waals surface area contributed by atoms with Gasteiger partial charge >= 0.3 is 0 Å². The van der Waals surface area contributed by atoms with E-state index in [0.29, 0.717) is 37.5 Å². The number of hydrogen-bond donors (Lipinski definition) is 2. The quantitative estimate of drug-likeness (QED) is 0.564. The van der Waals surface area contributed by atoms with Crippen LogP contribution in [0.15, 0.2) is 36.9 Å². The van der Waals surface area contributed by atoms with Crippen molar-refractivity contribution < 1.29 is 9.53 Å². The minimum atomic E-state index is -0.00715. The maximum Gasteiger partial charge on any atom is 0.270 e. The summed E-state index contributed by atoms with van der Waals surface area (Å²) < 4.78 is 5.39. The second kappa shape index (κ2) is 6.52. The van der Waals surface area contributed by atoms with Crippen LogP contribution in [-0.2, 0) is 0 Å². The fourth-order valence-electron chi connectivity index (χ4n) is 3.70. The van der Waals surface area contributed by atoms with Crippen LogP contribution >= 0.6 is 0 Å². The molecule has 0 atom stereocenters. The number of aromatic amines is 2. The highest BCUT2D eigenvalue weighted by atomic mass is 16.5. The van der Waals surface area contributed by atoms with Crippen molar-refractivity contribution in [2.24, 2.45) is 0 Å². The second-order valence-corrected chi connectivity index (χ2v) is 6.68. The van der Waals surface area contributed by atoms with Crippen LogP contribution < -0.4 is 9.64 Å². The number of carbonyl (C=O) groups excluding carboxylic acids is 1. The van der Waals surface area contributed by atoms with Gasteiger partial charge in [-0.05, 0) is 18.2 Å². The Morgan fingerprint density at radius 1 is 1.14 bits per heavy atom. The van der Waals surface area contributed by atoms with Crippen LogP contribution in [0.1, 0.15) is 10.5 Å². The van der Waals surface area contributed by atoms with Gasteiger partial charge in [-0.1, -0.05) is 6.07 Å². The van der Waals surface area contributed by atoms with Crippen LogP contribution in [0.3, 0.4) is 0 Å². The number of rotatable bonds is 3. The smallest absolute Gasteiger partial charge is 0.270 e. The average molecular weight is 377 g/mol. The molecule has 1 aromatic carbocycles. The molecule has 0 spiro atoms. The molecule has 1 aliphatic heterocycles. The number of ether oxygens (including phenoxy) is 1. The molecule has 4 aromatic rings. The highest BCUT2D eigenvalue weighted by molar-refractivity contribution is 5.99. The van der Waals surface area contributed by atoms with Crippen LogP contribution in [0.25, 0.3) is 22.1 Å². The van der Waals surface area contributed by atoms with Gasteiger partial charge in [-0.25, -0.2) is 15.0 Å². The number of benzene rings is 1. The van der Waals surface area contributed by atoms with Gasteiger partial charge in [-0.2, -0.15) is 0 Å². The van der Waals surface area contributed by atoms with Crippen molar-refractivity contribution >= 4 is 33.8 Å². The zero-order valence-electron chi connectivity index (χ0n) is 15.3. The average Bonchev–Trinajstić information content (AvgIpc) is 3.39. The third kappa shape index (κ3) is 2.63. The number of aromatic nitrogens is 5. The molecule has 3 aromatic heterocycles. The molecule has 1 fully saturated rings. The SMILES string of the molecule is COc1cccc2[nH]c(C(=O)N3CCN(c4ncnc5nc[nH]c45)CC3)cc12. The third-order valence-corrected chi connectivity index (χ3v) is 5.14. The Morgan fingerprint density at radius 3 is 2.82 bits per heavy atom. The first kappa shape index (κ1) is 16.5. The predicted octanol–water partition coefficient (Wildman–Crippen LogP) is 1.81. The van der Waals surface area contributed by atoms with E-state index in [9.17, 15) is 4.79 Å². The first-order valence-electron chi connectivity index (χ1n) is 9.08. The Labute approximate surface area is 160 Å². The summed E-state index contributed by atoms with van der Waals surface area (Å²) in [7, 11) is 1.63. The van der Waals surface area contributed by atoms with E-state index >= 15 is 0 Å². The van der Waals surface area contributed by atoms with Gasteiger partial charge in [0.15, 0.2) is 11.5 Å². The molecule has 0 aliphatic carbocycles. The lowest BCUT2D eigenvalue weighted by Crippen LogP contribution is -2.49. The van der Waals surface area contributed by atoms with Gasteiger partial charge in [0.1, 0.15) is 23.3 Å². The lowest BCUT2D eigenvalue weighted by Gasteiger charge is -2.35. The third-order valence-electron chi connectivity index (χ3n) is 5.14. The van der Waals surface area contributed by atoms with Crippen molar-refractivity contribution in [2.75, 3.05) is 38.2 Å². The molecule has 142 valence electrons. The molecule has 4 heterocycles. The zero-order valence-corrected chi connectivity index (χ0v) is 15.3. The Balaban J connectivity index is 1.34. The number of methoxy groups -OCH3 is 1. The summed E-state index contributed by atoms with van der Waals surface area (Å²) in [5.74, 6) is 1.57. The van der Waals surface area contributed by atoms with Gasteiger partial charge < -0.3 is 24.5 Å². The number of imidazole rings is 1. The molecular weight excluding hydrogens is 358 g/mol. The molecule has 0 bridgehead atoms. The Morgan fingerprint density at radius 2 is 2.00 bits per heavy atom. The number of anilines is 1. The van der Waals surface area contributed by atoms with Gasteiger partial charge in [0.25, 0.3) is 5.91 Å². The van der Waals surface area contributed by atoms with E-state index in [0.717, 1.165) is 28.0 Å². The number of nitrogens with one attached hydrogen (secondary N) is 2. The normalized spacial score (nSPS) is 14.8. The van der Waals surface area contributed by atoms with Crippen LogP contribution in [-0.4, -0.2) is 69.0 Å². The first-order chi connectivity index (χ1) is 13.7. The standard InChI is InChI=1S/C19H19N7O2/c1-28-15-4-2-3-13-12(15)9-14(24-13)19(27)26-7-5-25(6-8-26)18-16-17(21-10-20-16)22-11-23-18/h2-4,9-11,24H,5-8H2,1H3,(H,20,21,22,23). The fraction of sp³-hybridized carbons (Fsp3) is 0.263. The highest BCUT2D eigenvalue weighted by Gasteiger charge is 2.25. The molecule has 5 rings (SSSR count). The largest absolute Gasteiger partial charge is 0.496 e. The van der Waals surface area contributed by atoms with E-state index in [1.165, 1.54) is 6.33 Å². The molecule has 28 heavy (non-hydrogen) atoms. The maximum atomic E-state index is 13.0. The maximum absolute atomic E-state index is 13.0. The number of amides is 1. The summed E-state index contributed by atoms with van der Waals surface area (Å²) in [5.41, 5.74) is 2.94. The van der Waals surface area contributed by atoms with Gasteiger partial charge in [-0.3, -0.25) is 4.79 Å². The summed E-state index contributed by atoms with van der Waals surface area (Å²) in [6, 6.07) is 7.60. The molecule has 1 aliphatic rings. The number of hydrogen-bond acceptors (Lipinski definition) is 6. The summed E-state index contributed by atoms with van der Waals surface area (Å²) in [6.07, 6.45) is 3.14. The topological polar surface area (TPSA) is 103 Å². The molecule has 0 saturated carbocycles. The number of carbonyl (C=O) groups is 1. The van der Waals surface area contributed by atoms with Crippen molar-refractivity contribution in [1.82, 2.24) is 29.8 Å². The molecule has 2 N–H and O–H groups in total. The van der Waals surface area contributed by atoms with Gasteiger partial charge in [0.05, 0.1) is 13.4 Å². The summed E-state index contributed by atoms with van der Waals surface area (Å²) in [5, 5.41) is 0.912. The van der Waals surface area contributed by atoms with E-state index in [2.05, 4.69) is 29.8 Å². The Kier molecular flexibility index (Phi) is 3.85. The van der Waals surface area contributed by atoms with Crippen LogP contribution in [0.5, 0.6) is 5.75 Å².